The molecule has 0 saturated carbocycles. The Bertz CT molecular complexity index is 448. The summed E-state index contributed by atoms with van der Waals surface area (Å²) in [4.78, 5) is 45.9. The Morgan fingerprint density at radius 3 is 2.17 bits per heavy atom. The van der Waals surface area contributed by atoms with Crippen molar-refractivity contribution in [1.29, 1.82) is 0 Å². The highest BCUT2D eigenvalue weighted by atomic mass is 32.1. The molecule has 2 unspecified atom stereocenters. The highest BCUT2D eigenvalue weighted by Crippen LogP contribution is 2.02. The summed E-state index contributed by atoms with van der Waals surface area (Å²) in [7, 11) is 0. The van der Waals surface area contributed by atoms with Crippen molar-refractivity contribution < 1.29 is 24.3 Å². The maximum absolute atomic E-state index is 12.1. The normalized spacial score (nSPS) is 12.8. The number of hydrogen-bond donors (Lipinski definition) is 7. The van der Waals surface area contributed by atoms with Gasteiger partial charge in [-0.05, 0) is 25.8 Å². The minimum atomic E-state index is -1.17. The van der Waals surface area contributed by atoms with Crippen molar-refractivity contribution in [3.8, 4) is 0 Å². The minimum Gasteiger partial charge on any atom is -0.480 e. The zero-order chi connectivity index (χ0) is 18.5. The molecule has 0 bridgehead atoms. The SMILES string of the molecule is NCCCCC(NC(=O)C(CS)NC(=O)CNC(=O)CN)C(=O)O. The number of nitrogens with two attached hydrogens (primary N) is 2. The number of rotatable bonds is 12. The Morgan fingerprint density at radius 1 is 1.00 bits per heavy atom. The number of carboxylic acid groups (broad SMARTS) is 1. The molecule has 0 fully saturated rings. The van der Waals surface area contributed by atoms with Gasteiger partial charge in [-0.1, -0.05) is 0 Å². The molecular formula is C13H25N5O5S. The third-order valence-corrected chi connectivity index (χ3v) is 3.39. The first-order chi connectivity index (χ1) is 11.3. The molecule has 0 aliphatic heterocycles. The molecule has 2 atom stereocenters. The number of carboxylic acids is 1. The molecule has 138 valence electrons. The molecule has 8 N–H and O–H groups in total. The molecule has 0 aromatic carbocycles. The number of nitrogens with one attached hydrogen (secondary N) is 3. The van der Waals surface area contributed by atoms with E-state index in [-0.39, 0.29) is 25.3 Å². The van der Waals surface area contributed by atoms with Gasteiger partial charge in [-0.15, -0.1) is 0 Å². The van der Waals surface area contributed by atoms with E-state index in [1.807, 2.05) is 0 Å². The number of unbranched alkanes of at least 4 members (excludes halogenated alkanes) is 1. The standard InChI is InChI=1S/C13H25N5O5S/c14-4-2-1-3-8(13(22)23)18-12(21)9(7-24)17-11(20)6-16-10(19)5-15/h8-9,24H,1-7,14-15H2,(H,16,19)(H,17,20)(H,18,21)(H,22,23). The van der Waals surface area contributed by atoms with Gasteiger partial charge < -0.3 is 32.5 Å². The molecule has 0 aromatic heterocycles. The van der Waals surface area contributed by atoms with E-state index < -0.39 is 35.8 Å². The summed E-state index contributed by atoms with van der Waals surface area (Å²) in [6.07, 6.45) is 1.43. The summed E-state index contributed by atoms with van der Waals surface area (Å²) in [5, 5.41) is 16.1. The zero-order valence-electron chi connectivity index (χ0n) is 13.3. The van der Waals surface area contributed by atoms with Gasteiger partial charge in [0.15, 0.2) is 0 Å². The molecule has 0 aromatic rings. The zero-order valence-corrected chi connectivity index (χ0v) is 14.2. The summed E-state index contributed by atoms with van der Waals surface area (Å²) in [5.74, 6) is -2.98. The minimum absolute atomic E-state index is 0.0302. The Labute approximate surface area is 145 Å². The summed E-state index contributed by atoms with van der Waals surface area (Å²) in [6.45, 7) is -0.163. The maximum atomic E-state index is 12.1. The van der Waals surface area contributed by atoms with Crippen molar-refractivity contribution in [1.82, 2.24) is 16.0 Å². The summed E-state index contributed by atoms with van der Waals surface area (Å²) >= 11 is 3.97. The van der Waals surface area contributed by atoms with Crippen LogP contribution in [0, 0.1) is 0 Å². The molecular weight excluding hydrogens is 338 g/mol. The van der Waals surface area contributed by atoms with Crippen LogP contribution < -0.4 is 27.4 Å². The third kappa shape index (κ3) is 9.33. The van der Waals surface area contributed by atoms with Crippen molar-refractivity contribution in [2.24, 2.45) is 11.5 Å². The van der Waals surface area contributed by atoms with Gasteiger partial charge in [0.25, 0.3) is 0 Å². The molecule has 0 heterocycles. The lowest BCUT2D eigenvalue weighted by Crippen LogP contribution is -2.54. The van der Waals surface area contributed by atoms with E-state index in [1.54, 1.807) is 0 Å². The molecule has 0 rings (SSSR count). The van der Waals surface area contributed by atoms with Gasteiger partial charge in [0, 0.05) is 5.75 Å². The van der Waals surface area contributed by atoms with E-state index in [0.29, 0.717) is 19.4 Å². The molecule has 10 nitrogen and oxygen atoms in total. The van der Waals surface area contributed by atoms with E-state index in [4.69, 9.17) is 16.6 Å². The first-order valence-electron chi connectivity index (χ1n) is 7.45. The van der Waals surface area contributed by atoms with E-state index in [9.17, 15) is 19.2 Å². The summed E-state index contributed by atoms with van der Waals surface area (Å²) < 4.78 is 0. The second-order valence-electron chi connectivity index (χ2n) is 4.97. The largest absolute Gasteiger partial charge is 0.480 e. The lowest BCUT2D eigenvalue weighted by molar-refractivity contribution is -0.142. The van der Waals surface area contributed by atoms with Crippen LogP contribution in [0.5, 0.6) is 0 Å². The molecule has 0 spiro atoms. The second kappa shape index (κ2) is 12.6. The van der Waals surface area contributed by atoms with Crippen LogP contribution in [0.2, 0.25) is 0 Å². The van der Waals surface area contributed by atoms with Crippen molar-refractivity contribution in [2.45, 2.75) is 31.3 Å². The number of aliphatic carboxylic acids is 1. The average Bonchev–Trinajstić information content (AvgIpc) is 2.56. The van der Waals surface area contributed by atoms with Gasteiger partial charge in [0.2, 0.25) is 17.7 Å². The van der Waals surface area contributed by atoms with Crippen molar-refractivity contribution in [3.05, 3.63) is 0 Å². The summed E-state index contributed by atoms with van der Waals surface area (Å²) in [6, 6.07) is -2.09. The number of carbonyl (C=O) groups is 4. The van der Waals surface area contributed by atoms with Gasteiger partial charge in [-0.25, -0.2) is 4.79 Å². The van der Waals surface area contributed by atoms with E-state index in [1.165, 1.54) is 0 Å². The fourth-order valence-corrected chi connectivity index (χ4v) is 1.97. The molecule has 0 aliphatic rings. The molecule has 0 saturated heterocycles. The predicted octanol–water partition coefficient (Wildman–Crippen LogP) is -2.83. The summed E-state index contributed by atoms with van der Waals surface area (Å²) in [5.41, 5.74) is 10.4. The van der Waals surface area contributed by atoms with Gasteiger partial charge in [0.1, 0.15) is 12.1 Å². The lowest BCUT2D eigenvalue weighted by atomic mass is 10.1. The highest BCUT2D eigenvalue weighted by Gasteiger charge is 2.25. The van der Waals surface area contributed by atoms with Gasteiger partial charge >= 0.3 is 5.97 Å². The van der Waals surface area contributed by atoms with Crippen molar-refractivity contribution in [3.63, 3.8) is 0 Å². The van der Waals surface area contributed by atoms with Gasteiger partial charge in [-0.2, -0.15) is 12.6 Å². The molecule has 24 heavy (non-hydrogen) atoms. The Balaban J connectivity index is 4.51. The first-order valence-corrected chi connectivity index (χ1v) is 8.09. The smallest absolute Gasteiger partial charge is 0.326 e. The average molecular weight is 363 g/mol. The fourth-order valence-electron chi connectivity index (χ4n) is 1.71. The van der Waals surface area contributed by atoms with Gasteiger partial charge in [0.05, 0.1) is 13.1 Å². The quantitative estimate of drug-likeness (QED) is 0.144. The Kier molecular flexibility index (Phi) is 11.6. The molecule has 3 amide bonds. The number of amides is 3. The first kappa shape index (κ1) is 22.1. The van der Waals surface area contributed by atoms with Crippen LogP contribution in [0.4, 0.5) is 0 Å². The van der Waals surface area contributed by atoms with Crippen LogP contribution in [-0.4, -0.2) is 66.3 Å². The lowest BCUT2D eigenvalue weighted by Gasteiger charge is -2.20. The van der Waals surface area contributed by atoms with Crippen LogP contribution in [0.3, 0.4) is 0 Å². The topological polar surface area (TPSA) is 177 Å². The van der Waals surface area contributed by atoms with Crippen LogP contribution in [0.25, 0.3) is 0 Å². The van der Waals surface area contributed by atoms with Crippen LogP contribution >= 0.6 is 12.6 Å². The highest BCUT2D eigenvalue weighted by molar-refractivity contribution is 7.80. The van der Waals surface area contributed by atoms with E-state index in [2.05, 4.69) is 28.6 Å². The second-order valence-corrected chi connectivity index (χ2v) is 5.33. The maximum Gasteiger partial charge on any atom is 0.326 e. The monoisotopic (exact) mass is 363 g/mol. The van der Waals surface area contributed by atoms with Gasteiger partial charge in [-0.3, -0.25) is 14.4 Å². The van der Waals surface area contributed by atoms with E-state index >= 15 is 0 Å². The fraction of sp³-hybridized carbons (Fsp3) is 0.692. The van der Waals surface area contributed by atoms with Crippen molar-refractivity contribution in [2.75, 3.05) is 25.4 Å². The molecule has 0 radical (unpaired) electrons. The van der Waals surface area contributed by atoms with Crippen LogP contribution in [0.15, 0.2) is 0 Å². The molecule has 0 aliphatic carbocycles. The Morgan fingerprint density at radius 2 is 1.67 bits per heavy atom. The van der Waals surface area contributed by atoms with Crippen LogP contribution in [0.1, 0.15) is 19.3 Å². The van der Waals surface area contributed by atoms with Crippen LogP contribution in [-0.2, 0) is 19.2 Å². The Hall–Kier alpha value is -1.85. The van der Waals surface area contributed by atoms with Crippen molar-refractivity contribution >= 4 is 36.3 Å². The third-order valence-electron chi connectivity index (χ3n) is 3.03. The molecule has 11 heteroatoms. The van der Waals surface area contributed by atoms with E-state index in [0.717, 1.165) is 0 Å². The number of thiol groups is 1. The number of carbonyl (C=O) groups excluding carboxylic acids is 3. The number of hydrogen-bond acceptors (Lipinski definition) is 7. The predicted molar refractivity (Wildman–Crippen MR) is 90.3 cm³/mol.